The highest BCUT2D eigenvalue weighted by atomic mass is 79.9. The Morgan fingerprint density at radius 1 is 1.16 bits per heavy atom. The third-order valence-corrected chi connectivity index (χ3v) is 4.32. The first-order valence-electron chi connectivity index (χ1n) is 5.45. The molecule has 100 valence electrons. The van der Waals surface area contributed by atoms with Crippen LogP contribution in [0.15, 0.2) is 22.7 Å². The van der Waals surface area contributed by atoms with E-state index < -0.39 is 0 Å². The van der Waals surface area contributed by atoms with E-state index in [9.17, 15) is 0 Å². The van der Waals surface area contributed by atoms with E-state index >= 15 is 0 Å². The summed E-state index contributed by atoms with van der Waals surface area (Å²) >= 11 is 21.5. The van der Waals surface area contributed by atoms with Gasteiger partial charge in [-0.2, -0.15) is 0 Å². The minimum absolute atomic E-state index is 0.383. The summed E-state index contributed by atoms with van der Waals surface area (Å²) in [5.41, 5.74) is 0.659. The lowest BCUT2D eigenvalue weighted by Crippen LogP contribution is -2.00. The van der Waals surface area contributed by atoms with Crippen LogP contribution < -0.4 is 5.32 Å². The second kappa shape index (κ2) is 6.27. The average Bonchev–Trinajstić information content (AvgIpc) is 2.39. The van der Waals surface area contributed by atoms with Gasteiger partial charge in [-0.1, -0.05) is 41.7 Å². The van der Waals surface area contributed by atoms with E-state index in [2.05, 4.69) is 31.2 Å². The number of hydrogen-bond acceptors (Lipinski definition) is 3. The topological polar surface area (TPSA) is 37.8 Å². The molecule has 0 saturated heterocycles. The summed E-state index contributed by atoms with van der Waals surface area (Å²) in [5.74, 6) is 1.24. The van der Waals surface area contributed by atoms with Crippen LogP contribution in [-0.4, -0.2) is 9.97 Å². The average molecular weight is 381 g/mol. The summed E-state index contributed by atoms with van der Waals surface area (Å²) in [6, 6.07) is 5.24. The van der Waals surface area contributed by atoms with Crippen LogP contribution in [0.4, 0.5) is 11.5 Å². The molecule has 0 atom stereocenters. The molecule has 0 fully saturated rings. The zero-order valence-corrected chi connectivity index (χ0v) is 13.7. The maximum absolute atomic E-state index is 6.16. The molecule has 1 aromatic carbocycles. The Labute approximate surface area is 134 Å². The first-order chi connectivity index (χ1) is 9.01. The molecule has 19 heavy (non-hydrogen) atoms. The lowest BCUT2D eigenvalue weighted by Gasteiger charge is -2.10. The fourth-order valence-electron chi connectivity index (χ4n) is 1.45. The molecule has 0 aliphatic rings. The molecule has 0 aliphatic heterocycles. The van der Waals surface area contributed by atoms with E-state index in [4.69, 9.17) is 34.8 Å². The Morgan fingerprint density at radius 3 is 2.58 bits per heavy atom. The van der Waals surface area contributed by atoms with Crippen LogP contribution in [0.25, 0.3) is 0 Å². The van der Waals surface area contributed by atoms with Gasteiger partial charge in [0.05, 0.1) is 15.7 Å². The number of aromatic nitrogens is 2. The van der Waals surface area contributed by atoms with Crippen molar-refractivity contribution >= 4 is 62.2 Å². The zero-order valence-electron chi connectivity index (χ0n) is 9.85. The van der Waals surface area contributed by atoms with Crippen LogP contribution in [0.2, 0.25) is 15.2 Å². The molecule has 1 heterocycles. The van der Waals surface area contributed by atoms with Crippen LogP contribution in [-0.2, 0) is 6.42 Å². The van der Waals surface area contributed by atoms with Crippen molar-refractivity contribution in [2.45, 2.75) is 13.3 Å². The zero-order chi connectivity index (χ0) is 14.0. The van der Waals surface area contributed by atoms with Crippen molar-refractivity contribution < 1.29 is 0 Å². The van der Waals surface area contributed by atoms with Gasteiger partial charge in [-0.25, -0.2) is 9.97 Å². The predicted molar refractivity (Wildman–Crippen MR) is 83.9 cm³/mol. The van der Waals surface area contributed by atoms with Crippen LogP contribution >= 0.6 is 50.7 Å². The van der Waals surface area contributed by atoms with Gasteiger partial charge in [-0.3, -0.25) is 0 Å². The lowest BCUT2D eigenvalue weighted by molar-refractivity contribution is 0.943. The summed E-state index contributed by atoms with van der Waals surface area (Å²) in [6.45, 7) is 1.96. The minimum atomic E-state index is 0.383. The van der Waals surface area contributed by atoms with Crippen molar-refractivity contribution in [3.8, 4) is 0 Å². The van der Waals surface area contributed by atoms with Gasteiger partial charge in [-0.05, 0) is 28.1 Å². The van der Waals surface area contributed by atoms with Crippen molar-refractivity contribution in [1.82, 2.24) is 9.97 Å². The van der Waals surface area contributed by atoms with Crippen molar-refractivity contribution in [3.05, 3.63) is 43.7 Å². The molecule has 1 aromatic heterocycles. The van der Waals surface area contributed by atoms with E-state index in [0.717, 1.165) is 4.47 Å². The Bertz CT molecular complexity index is 619. The van der Waals surface area contributed by atoms with Crippen LogP contribution in [0.3, 0.4) is 0 Å². The van der Waals surface area contributed by atoms with Crippen LogP contribution in [0, 0.1) is 0 Å². The Morgan fingerprint density at radius 2 is 1.89 bits per heavy atom. The number of benzene rings is 1. The molecule has 0 unspecified atom stereocenters. The molecule has 2 rings (SSSR count). The summed E-state index contributed by atoms with van der Waals surface area (Å²) in [5, 5.41) is 4.33. The molecular formula is C12H9BrCl3N3. The molecule has 0 bridgehead atoms. The number of anilines is 2. The number of halogens is 4. The number of rotatable bonds is 3. The molecule has 1 N–H and O–H groups in total. The summed E-state index contributed by atoms with van der Waals surface area (Å²) in [7, 11) is 0. The minimum Gasteiger partial charge on any atom is -0.339 e. The number of hydrogen-bond donors (Lipinski definition) is 1. The normalized spacial score (nSPS) is 10.6. The van der Waals surface area contributed by atoms with Crippen LogP contribution in [0.5, 0.6) is 0 Å². The molecule has 0 amide bonds. The van der Waals surface area contributed by atoms with Gasteiger partial charge in [0.15, 0.2) is 0 Å². The molecule has 3 nitrogen and oxygen atoms in total. The molecule has 2 aromatic rings. The van der Waals surface area contributed by atoms with E-state index in [1.807, 2.05) is 6.92 Å². The summed E-state index contributed by atoms with van der Waals surface area (Å²) in [6.07, 6.45) is 0.698. The highest BCUT2D eigenvalue weighted by Crippen LogP contribution is 2.36. The Balaban J connectivity index is 2.36. The molecule has 0 aliphatic carbocycles. The number of nitrogens with one attached hydrogen (secondary N) is 1. The van der Waals surface area contributed by atoms with Gasteiger partial charge in [0, 0.05) is 17.0 Å². The quantitative estimate of drug-likeness (QED) is 0.563. The standard InChI is InChI=1S/C12H9BrCl3N3/c1-2-9-18-8(14)5-10(19-9)17-7-4-3-6(13)11(15)12(7)16/h3-5H,2H2,1H3,(H,17,18,19). The summed E-state index contributed by atoms with van der Waals surface area (Å²) < 4.78 is 0.736. The third-order valence-electron chi connectivity index (χ3n) is 2.36. The largest absolute Gasteiger partial charge is 0.339 e. The van der Waals surface area contributed by atoms with Gasteiger partial charge in [0.25, 0.3) is 0 Å². The third kappa shape index (κ3) is 3.51. The molecule has 0 radical (unpaired) electrons. The van der Waals surface area contributed by atoms with E-state index in [0.29, 0.717) is 38.9 Å². The maximum atomic E-state index is 6.16. The van der Waals surface area contributed by atoms with Crippen molar-refractivity contribution in [2.75, 3.05) is 5.32 Å². The monoisotopic (exact) mass is 379 g/mol. The van der Waals surface area contributed by atoms with Crippen molar-refractivity contribution in [1.29, 1.82) is 0 Å². The molecule has 7 heteroatoms. The van der Waals surface area contributed by atoms with E-state index in [-0.39, 0.29) is 0 Å². The first-order valence-corrected chi connectivity index (χ1v) is 7.38. The van der Waals surface area contributed by atoms with Crippen molar-refractivity contribution in [3.63, 3.8) is 0 Å². The van der Waals surface area contributed by atoms with Gasteiger partial charge < -0.3 is 5.32 Å². The SMILES string of the molecule is CCc1nc(Cl)cc(Nc2ccc(Br)c(Cl)c2Cl)n1. The maximum Gasteiger partial charge on any atom is 0.135 e. The second-order valence-electron chi connectivity index (χ2n) is 3.69. The number of aryl methyl sites for hydroxylation is 1. The molecular weight excluding hydrogens is 372 g/mol. The van der Waals surface area contributed by atoms with E-state index in [1.165, 1.54) is 0 Å². The number of nitrogens with zero attached hydrogens (tertiary/aromatic N) is 2. The highest BCUT2D eigenvalue weighted by Gasteiger charge is 2.10. The fraction of sp³-hybridized carbons (Fsp3) is 0.167. The fourth-order valence-corrected chi connectivity index (χ4v) is 2.47. The molecule has 0 spiro atoms. The van der Waals surface area contributed by atoms with Gasteiger partial charge in [-0.15, -0.1) is 0 Å². The van der Waals surface area contributed by atoms with Gasteiger partial charge in [0.2, 0.25) is 0 Å². The smallest absolute Gasteiger partial charge is 0.135 e. The van der Waals surface area contributed by atoms with Crippen LogP contribution in [0.1, 0.15) is 12.7 Å². The Hall–Kier alpha value is -0.550. The van der Waals surface area contributed by atoms with Gasteiger partial charge >= 0.3 is 0 Å². The predicted octanol–water partition coefficient (Wildman–Crippen LogP) is 5.51. The van der Waals surface area contributed by atoms with Gasteiger partial charge in [0.1, 0.15) is 16.8 Å². The summed E-state index contributed by atoms with van der Waals surface area (Å²) in [4.78, 5) is 8.42. The van der Waals surface area contributed by atoms with E-state index in [1.54, 1.807) is 18.2 Å². The highest BCUT2D eigenvalue weighted by molar-refractivity contribution is 9.10. The molecule has 0 saturated carbocycles. The lowest BCUT2D eigenvalue weighted by atomic mass is 10.3. The second-order valence-corrected chi connectivity index (χ2v) is 5.69. The first kappa shape index (κ1) is 14.9. The Kier molecular flexibility index (Phi) is 4.90. The van der Waals surface area contributed by atoms with Crippen molar-refractivity contribution in [2.24, 2.45) is 0 Å².